The van der Waals surface area contributed by atoms with Crippen LogP contribution in [0.1, 0.15) is 23.7 Å². The van der Waals surface area contributed by atoms with Gasteiger partial charge < -0.3 is 5.43 Å². The Morgan fingerprint density at radius 1 is 1.26 bits per heavy atom. The highest BCUT2D eigenvalue weighted by Crippen LogP contribution is 2.25. The lowest BCUT2D eigenvalue weighted by molar-refractivity contribution is 0.995. The summed E-state index contributed by atoms with van der Waals surface area (Å²) in [6, 6.07) is 5.79. The number of hydrazine groups is 1. The van der Waals surface area contributed by atoms with Gasteiger partial charge in [0.2, 0.25) is 0 Å². The Morgan fingerprint density at radius 3 is 2.58 bits per heavy atom. The van der Waals surface area contributed by atoms with Gasteiger partial charge in [0.1, 0.15) is 5.82 Å². The second-order valence-corrected chi connectivity index (χ2v) is 4.83. The van der Waals surface area contributed by atoms with Crippen LogP contribution >= 0.6 is 11.6 Å². The van der Waals surface area contributed by atoms with Gasteiger partial charge in [0.05, 0.1) is 0 Å². The topological polar surface area (TPSA) is 63.8 Å². The highest BCUT2D eigenvalue weighted by atomic mass is 35.5. The Bertz CT molecular complexity index is 611. The van der Waals surface area contributed by atoms with Crippen LogP contribution in [0.25, 0.3) is 11.4 Å². The Morgan fingerprint density at radius 2 is 2.00 bits per heavy atom. The Labute approximate surface area is 118 Å². The quantitative estimate of drug-likeness (QED) is 0.667. The van der Waals surface area contributed by atoms with E-state index in [0.29, 0.717) is 16.7 Å². The lowest BCUT2D eigenvalue weighted by Gasteiger charge is -2.11. The van der Waals surface area contributed by atoms with Crippen LogP contribution in [-0.4, -0.2) is 9.97 Å². The molecule has 0 saturated carbocycles. The summed E-state index contributed by atoms with van der Waals surface area (Å²) in [7, 11) is 0. The SMILES string of the molecule is CCc1c(C)nc(-c2ccc(C)c(Cl)c2)nc1NN. The van der Waals surface area contributed by atoms with E-state index >= 15 is 0 Å². The van der Waals surface area contributed by atoms with E-state index < -0.39 is 0 Å². The fourth-order valence-corrected chi connectivity index (χ4v) is 2.18. The predicted octanol–water partition coefficient (Wildman–Crippen LogP) is 3.26. The van der Waals surface area contributed by atoms with Gasteiger partial charge in [-0.3, -0.25) is 0 Å². The van der Waals surface area contributed by atoms with Gasteiger partial charge in [-0.1, -0.05) is 30.7 Å². The van der Waals surface area contributed by atoms with Crippen molar-refractivity contribution in [3.05, 3.63) is 40.0 Å². The molecule has 1 heterocycles. The molecule has 0 fully saturated rings. The van der Waals surface area contributed by atoms with Gasteiger partial charge in [-0.2, -0.15) is 0 Å². The van der Waals surface area contributed by atoms with E-state index in [1.165, 1.54) is 0 Å². The number of aromatic nitrogens is 2. The molecule has 2 rings (SSSR count). The van der Waals surface area contributed by atoms with Crippen LogP contribution in [0.3, 0.4) is 0 Å². The van der Waals surface area contributed by atoms with Crippen molar-refractivity contribution in [1.82, 2.24) is 9.97 Å². The van der Waals surface area contributed by atoms with E-state index in [0.717, 1.165) is 28.8 Å². The molecule has 0 aliphatic heterocycles. The average molecular weight is 277 g/mol. The summed E-state index contributed by atoms with van der Waals surface area (Å²) in [6.45, 7) is 5.97. The van der Waals surface area contributed by atoms with Crippen molar-refractivity contribution in [3.63, 3.8) is 0 Å². The molecule has 1 aromatic carbocycles. The summed E-state index contributed by atoms with van der Waals surface area (Å²) >= 11 is 6.14. The standard InChI is InChI=1S/C14H17ClN4/c1-4-11-9(3)17-13(18-14(11)19-16)10-6-5-8(2)12(15)7-10/h5-7H,4,16H2,1-3H3,(H,17,18,19). The van der Waals surface area contributed by atoms with Gasteiger partial charge in [-0.05, 0) is 31.9 Å². The van der Waals surface area contributed by atoms with E-state index in [1.54, 1.807) is 0 Å². The van der Waals surface area contributed by atoms with Crippen LogP contribution in [-0.2, 0) is 6.42 Å². The molecule has 3 N–H and O–H groups in total. The zero-order valence-electron chi connectivity index (χ0n) is 11.3. The smallest absolute Gasteiger partial charge is 0.161 e. The number of nitrogens with one attached hydrogen (secondary N) is 1. The third-order valence-electron chi connectivity index (χ3n) is 3.13. The first kappa shape index (κ1) is 13.8. The van der Waals surface area contributed by atoms with Gasteiger partial charge in [-0.25, -0.2) is 15.8 Å². The number of rotatable bonds is 3. The molecule has 5 heteroatoms. The number of aryl methyl sites for hydroxylation is 2. The van der Waals surface area contributed by atoms with Crippen molar-refractivity contribution < 1.29 is 0 Å². The largest absolute Gasteiger partial charge is 0.308 e. The molecule has 0 bridgehead atoms. The van der Waals surface area contributed by atoms with Gasteiger partial charge in [-0.15, -0.1) is 0 Å². The monoisotopic (exact) mass is 276 g/mol. The van der Waals surface area contributed by atoms with E-state index in [-0.39, 0.29) is 0 Å². The molecule has 1 aromatic heterocycles. The van der Waals surface area contributed by atoms with Crippen LogP contribution < -0.4 is 11.3 Å². The highest BCUT2D eigenvalue weighted by molar-refractivity contribution is 6.31. The number of nitrogens with zero attached hydrogens (tertiary/aromatic N) is 2. The van der Waals surface area contributed by atoms with Crippen LogP contribution in [0, 0.1) is 13.8 Å². The molecule has 0 unspecified atom stereocenters. The molecule has 0 atom stereocenters. The third-order valence-corrected chi connectivity index (χ3v) is 3.54. The summed E-state index contributed by atoms with van der Waals surface area (Å²) in [4.78, 5) is 8.99. The minimum atomic E-state index is 0.629. The molecular formula is C14H17ClN4. The number of hydrogen-bond donors (Lipinski definition) is 2. The van der Waals surface area contributed by atoms with Gasteiger partial charge >= 0.3 is 0 Å². The number of benzene rings is 1. The fourth-order valence-electron chi connectivity index (χ4n) is 2.00. The van der Waals surface area contributed by atoms with Crippen molar-refractivity contribution in [2.75, 3.05) is 5.43 Å². The molecule has 2 aromatic rings. The van der Waals surface area contributed by atoms with Crippen molar-refractivity contribution in [2.45, 2.75) is 27.2 Å². The zero-order valence-corrected chi connectivity index (χ0v) is 12.0. The number of hydrogen-bond acceptors (Lipinski definition) is 4. The average Bonchev–Trinajstić information content (AvgIpc) is 2.40. The molecule has 19 heavy (non-hydrogen) atoms. The maximum absolute atomic E-state index is 6.14. The summed E-state index contributed by atoms with van der Waals surface area (Å²) in [5.74, 6) is 6.83. The molecule has 0 saturated heterocycles. The predicted molar refractivity (Wildman–Crippen MR) is 79.1 cm³/mol. The molecule has 0 radical (unpaired) electrons. The number of halogens is 1. The van der Waals surface area contributed by atoms with Gasteiger partial charge in [0, 0.05) is 21.8 Å². The van der Waals surface area contributed by atoms with Crippen LogP contribution in [0.4, 0.5) is 5.82 Å². The molecule has 0 aliphatic carbocycles. The summed E-state index contributed by atoms with van der Waals surface area (Å²) in [5.41, 5.74) is 6.52. The summed E-state index contributed by atoms with van der Waals surface area (Å²) in [5, 5.41) is 0.709. The minimum Gasteiger partial charge on any atom is -0.308 e. The second kappa shape index (κ2) is 5.55. The molecule has 0 spiro atoms. The maximum Gasteiger partial charge on any atom is 0.161 e. The van der Waals surface area contributed by atoms with Gasteiger partial charge in [0.25, 0.3) is 0 Å². The number of nitrogens with two attached hydrogens (primary N) is 1. The van der Waals surface area contributed by atoms with Crippen molar-refractivity contribution in [2.24, 2.45) is 5.84 Å². The van der Waals surface area contributed by atoms with E-state index in [2.05, 4.69) is 22.3 Å². The van der Waals surface area contributed by atoms with Crippen molar-refractivity contribution in [3.8, 4) is 11.4 Å². The molecule has 0 amide bonds. The summed E-state index contributed by atoms with van der Waals surface area (Å²) in [6.07, 6.45) is 0.834. The van der Waals surface area contributed by atoms with Crippen LogP contribution in [0.15, 0.2) is 18.2 Å². The molecule has 4 nitrogen and oxygen atoms in total. The summed E-state index contributed by atoms with van der Waals surface area (Å²) < 4.78 is 0. The first-order valence-corrected chi connectivity index (χ1v) is 6.55. The van der Waals surface area contributed by atoms with Crippen LogP contribution in [0.5, 0.6) is 0 Å². The molecular weight excluding hydrogens is 260 g/mol. The highest BCUT2D eigenvalue weighted by Gasteiger charge is 2.11. The maximum atomic E-state index is 6.14. The van der Waals surface area contributed by atoms with Crippen LogP contribution in [0.2, 0.25) is 5.02 Å². The Kier molecular flexibility index (Phi) is 4.02. The Hall–Kier alpha value is -1.65. The molecule has 100 valence electrons. The minimum absolute atomic E-state index is 0.629. The van der Waals surface area contributed by atoms with Crippen molar-refractivity contribution >= 4 is 17.4 Å². The van der Waals surface area contributed by atoms with Crippen molar-refractivity contribution in [1.29, 1.82) is 0 Å². The Balaban J connectivity index is 2.56. The second-order valence-electron chi connectivity index (χ2n) is 4.42. The third kappa shape index (κ3) is 2.69. The lowest BCUT2D eigenvalue weighted by Crippen LogP contribution is -2.13. The number of anilines is 1. The zero-order chi connectivity index (χ0) is 14.0. The normalized spacial score (nSPS) is 10.6. The van der Waals surface area contributed by atoms with E-state index in [4.69, 9.17) is 17.4 Å². The number of nitrogen functional groups attached to an aromatic ring is 1. The van der Waals surface area contributed by atoms with E-state index in [1.807, 2.05) is 32.0 Å². The first-order chi connectivity index (χ1) is 9.06. The van der Waals surface area contributed by atoms with E-state index in [9.17, 15) is 0 Å². The fraction of sp³-hybridized carbons (Fsp3) is 0.286. The lowest BCUT2D eigenvalue weighted by atomic mass is 10.1. The first-order valence-electron chi connectivity index (χ1n) is 6.17. The van der Waals surface area contributed by atoms with Gasteiger partial charge in [0.15, 0.2) is 5.82 Å². The molecule has 0 aliphatic rings.